The summed E-state index contributed by atoms with van der Waals surface area (Å²) in [5.74, 6) is 1.15. The maximum absolute atomic E-state index is 12.2. The van der Waals surface area contributed by atoms with Gasteiger partial charge in [0.2, 0.25) is 0 Å². The van der Waals surface area contributed by atoms with Gasteiger partial charge < -0.3 is 19.0 Å². The number of aliphatic hydroxyl groups excluding tert-OH is 1. The Morgan fingerprint density at radius 1 is 1.35 bits per heavy atom. The van der Waals surface area contributed by atoms with E-state index in [1.165, 1.54) is 19.2 Å². The highest BCUT2D eigenvalue weighted by molar-refractivity contribution is 7.57. The van der Waals surface area contributed by atoms with E-state index in [1.807, 2.05) is 0 Å². The van der Waals surface area contributed by atoms with Gasteiger partial charge in [0.25, 0.3) is 5.56 Å². The molecule has 1 rings (SSSR count). The number of hydrogen-bond acceptors (Lipinski definition) is 7. The van der Waals surface area contributed by atoms with Crippen LogP contribution in [0.1, 0.15) is 19.4 Å². The van der Waals surface area contributed by atoms with Crippen LogP contribution >= 0.6 is 7.60 Å². The average Bonchev–Trinajstić information content (AvgIpc) is 2.48. The van der Waals surface area contributed by atoms with Gasteiger partial charge in [-0.15, -0.1) is 4.73 Å². The molecule has 130 valence electrons. The lowest BCUT2D eigenvalue weighted by atomic mass is 10.4. The lowest BCUT2D eigenvalue weighted by Gasteiger charge is -2.14. The third-order valence-corrected chi connectivity index (χ3v) is 4.36. The lowest BCUT2D eigenvalue weighted by molar-refractivity contribution is 0.0393. The van der Waals surface area contributed by atoms with E-state index in [1.54, 1.807) is 13.8 Å². The standard InChI is InChI=1S/C13H21N2O7P/c1-4-21-23(19,22-5-2)7-6-11(16)9-20-15-8-10(3)12(17)14-13(15)18/h6-8,11,16H,4-5,9H2,1-3H3,(H,14,17,18)/t11-/m1/s1. The maximum atomic E-state index is 12.2. The Hall–Kier alpha value is -1.67. The molecule has 0 aliphatic rings. The number of H-pyrrole nitrogens is 1. The topological polar surface area (TPSA) is 120 Å². The molecule has 1 atom stereocenters. The Bertz CT molecular complexity index is 684. The zero-order valence-corrected chi connectivity index (χ0v) is 14.1. The number of nitrogens with zero attached hydrogens (tertiary/aromatic N) is 1. The Morgan fingerprint density at radius 3 is 2.52 bits per heavy atom. The van der Waals surface area contributed by atoms with E-state index in [-0.39, 0.29) is 25.4 Å². The van der Waals surface area contributed by atoms with Gasteiger partial charge in [0.15, 0.2) is 0 Å². The number of aromatic nitrogens is 2. The van der Waals surface area contributed by atoms with Crippen LogP contribution in [0.3, 0.4) is 0 Å². The van der Waals surface area contributed by atoms with Crippen molar-refractivity contribution in [2.24, 2.45) is 0 Å². The minimum Gasteiger partial charge on any atom is -0.406 e. The average molecular weight is 348 g/mol. The van der Waals surface area contributed by atoms with Crippen LogP contribution < -0.4 is 16.1 Å². The number of aromatic amines is 1. The first-order chi connectivity index (χ1) is 10.8. The molecule has 0 amide bonds. The second-order valence-corrected chi connectivity index (χ2v) is 6.37. The predicted molar refractivity (Wildman–Crippen MR) is 83.5 cm³/mol. The van der Waals surface area contributed by atoms with Crippen molar-refractivity contribution in [2.45, 2.75) is 26.9 Å². The Kier molecular flexibility index (Phi) is 7.44. The third kappa shape index (κ3) is 6.15. The Morgan fingerprint density at radius 2 is 1.96 bits per heavy atom. The summed E-state index contributed by atoms with van der Waals surface area (Å²) in [5, 5.41) is 9.79. The Balaban J connectivity index is 2.70. The van der Waals surface area contributed by atoms with Crippen LogP contribution in [0.2, 0.25) is 0 Å². The first kappa shape index (κ1) is 19.4. The molecular formula is C13H21N2O7P. The second kappa shape index (κ2) is 8.83. The van der Waals surface area contributed by atoms with E-state index in [0.29, 0.717) is 0 Å². The van der Waals surface area contributed by atoms with Gasteiger partial charge in [-0.25, -0.2) is 4.79 Å². The van der Waals surface area contributed by atoms with Gasteiger partial charge in [-0.05, 0) is 26.8 Å². The molecule has 2 N–H and O–H groups in total. The summed E-state index contributed by atoms with van der Waals surface area (Å²) in [7, 11) is -3.40. The summed E-state index contributed by atoms with van der Waals surface area (Å²) in [6.45, 7) is 4.95. The molecule has 0 spiro atoms. The minimum absolute atomic E-state index is 0.195. The first-order valence-electron chi connectivity index (χ1n) is 7.03. The van der Waals surface area contributed by atoms with Crippen molar-refractivity contribution in [3.05, 3.63) is 44.5 Å². The van der Waals surface area contributed by atoms with E-state index in [9.17, 15) is 19.3 Å². The molecule has 0 aliphatic heterocycles. The molecule has 1 aromatic rings. The largest absolute Gasteiger partial charge is 0.406 e. The molecule has 10 heteroatoms. The number of nitrogens with one attached hydrogen (secondary N) is 1. The SMILES string of the molecule is CCOP(=O)(C=C[C@@H](O)COn1cc(C)c(=O)[nH]c1=O)OCC. The second-order valence-electron chi connectivity index (χ2n) is 4.48. The van der Waals surface area contributed by atoms with Crippen LogP contribution in [0.15, 0.2) is 27.7 Å². The monoisotopic (exact) mass is 348 g/mol. The van der Waals surface area contributed by atoms with Gasteiger partial charge in [0.1, 0.15) is 12.7 Å². The molecule has 23 heavy (non-hydrogen) atoms. The molecule has 0 saturated carbocycles. The van der Waals surface area contributed by atoms with Crippen LogP contribution in [0.5, 0.6) is 0 Å². The van der Waals surface area contributed by atoms with E-state index in [4.69, 9.17) is 13.9 Å². The molecule has 1 aromatic heterocycles. The van der Waals surface area contributed by atoms with E-state index >= 15 is 0 Å². The van der Waals surface area contributed by atoms with E-state index < -0.39 is 24.9 Å². The van der Waals surface area contributed by atoms with Crippen molar-refractivity contribution in [1.82, 2.24) is 9.71 Å². The maximum Gasteiger partial charge on any atom is 0.361 e. The summed E-state index contributed by atoms with van der Waals surface area (Å²) >= 11 is 0. The zero-order chi connectivity index (χ0) is 17.5. The molecule has 9 nitrogen and oxygen atoms in total. The van der Waals surface area contributed by atoms with Gasteiger partial charge in [-0.3, -0.25) is 14.3 Å². The number of hydrogen-bond donors (Lipinski definition) is 2. The fraction of sp³-hybridized carbons (Fsp3) is 0.538. The zero-order valence-electron chi connectivity index (χ0n) is 13.2. The van der Waals surface area contributed by atoms with Crippen molar-refractivity contribution >= 4 is 7.60 Å². The quantitative estimate of drug-likeness (QED) is 0.620. The summed E-state index contributed by atoms with van der Waals surface area (Å²) in [6.07, 6.45) is 1.27. The van der Waals surface area contributed by atoms with Crippen molar-refractivity contribution < 1.29 is 23.6 Å². The fourth-order valence-electron chi connectivity index (χ4n) is 1.54. The normalized spacial score (nSPS) is 13.4. The van der Waals surface area contributed by atoms with Crippen LogP contribution in [0.25, 0.3) is 0 Å². The number of aliphatic hydroxyl groups is 1. The van der Waals surface area contributed by atoms with Crippen LogP contribution in [-0.4, -0.2) is 40.7 Å². The highest BCUT2D eigenvalue weighted by Crippen LogP contribution is 2.49. The van der Waals surface area contributed by atoms with Gasteiger partial charge >= 0.3 is 13.3 Å². The van der Waals surface area contributed by atoms with Gasteiger partial charge in [0.05, 0.1) is 19.4 Å². The fourth-order valence-corrected chi connectivity index (χ4v) is 2.92. The molecule has 0 saturated heterocycles. The predicted octanol–water partition coefficient (Wildman–Crippen LogP) is 0.414. The van der Waals surface area contributed by atoms with Crippen molar-refractivity contribution in [1.29, 1.82) is 0 Å². The number of aryl methyl sites for hydroxylation is 1. The molecule has 0 bridgehead atoms. The van der Waals surface area contributed by atoms with Crippen LogP contribution in [-0.2, 0) is 13.6 Å². The highest BCUT2D eigenvalue weighted by atomic mass is 31.2. The van der Waals surface area contributed by atoms with Crippen LogP contribution in [0, 0.1) is 6.92 Å². The van der Waals surface area contributed by atoms with Crippen molar-refractivity contribution in [3.8, 4) is 0 Å². The lowest BCUT2D eigenvalue weighted by Crippen LogP contribution is -2.36. The van der Waals surface area contributed by atoms with Gasteiger partial charge in [-0.2, -0.15) is 0 Å². The third-order valence-electron chi connectivity index (χ3n) is 2.58. The molecule has 0 radical (unpaired) electrons. The van der Waals surface area contributed by atoms with Crippen molar-refractivity contribution in [3.63, 3.8) is 0 Å². The van der Waals surface area contributed by atoms with E-state index in [2.05, 4.69) is 4.98 Å². The van der Waals surface area contributed by atoms with Crippen molar-refractivity contribution in [2.75, 3.05) is 19.8 Å². The molecule has 0 aliphatic carbocycles. The smallest absolute Gasteiger partial charge is 0.361 e. The van der Waals surface area contributed by atoms with Gasteiger partial charge in [-0.1, -0.05) is 0 Å². The summed E-state index contributed by atoms with van der Waals surface area (Å²) in [4.78, 5) is 29.9. The van der Waals surface area contributed by atoms with E-state index in [0.717, 1.165) is 10.5 Å². The molecule has 0 fully saturated rings. The number of rotatable bonds is 9. The van der Waals surface area contributed by atoms with Gasteiger partial charge in [0, 0.05) is 11.4 Å². The molecule has 0 aromatic carbocycles. The molecule has 0 unspecified atom stereocenters. The van der Waals surface area contributed by atoms with Crippen LogP contribution in [0.4, 0.5) is 0 Å². The molecule has 1 heterocycles. The molecular weight excluding hydrogens is 327 g/mol. The summed E-state index contributed by atoms with van der Waals surface area (Å²) in [5.41, 5.74) is -0.984. The first-order valence-corrected chi connectivity index (χ1v) is 8.64. The Labute approximate surface area is 133 Å². The minimum atomic E-state index is -3.40. The summed E-state index contributed by atoms with van der Waals surface area (Å²) < 4.78 is 23.0. The summed E-state index contributed by atoms with van der Waals surface area (Å²) in [6, 6.07) is 0. The highest BCUT2D eigenvalue weighted by Gasteiger charge is 2.19.